The Morgan fingerprint density at radius 2 is 1.76 bits per heavy atom. The maximum atomic E-state index is 12.9. The molecule has 6 nitrogen and oxygen atoms in total. The highest BCUT2D eigenvalue weighted by molar-refractivity contribution is 7.93. The lowest BCUT2D eigenvalue weighted by atomic mass is 10.1. The summed E-state index contributed by atoms with van der Waals surface area (Å²) in [4.78, 5) is 15.6. The molecule has 0 radical (unpaired) electrons. The molecular weight excluding hydrogens is 378 g/mol. The largest absolute Gasteiger partial charge is 0.400 e. The van der Waals surface area contributed by atoms with Crippen LogP contribution < -0.4 is 0 Å². The Balaban J connectivity index is 2.20. The number of benzene rings is 1. The average molecular weight is 393 g/mol. The van der Waals surface area contributed by atoms with Gasteiger partial charge in [-0.3, -0.25) is 4.79 Å². The zero-order valence-corrected chi connectivity index (χ0v) is 15.2. The molecule has 136 valence electrons. The molecule has 0 bridgehead atoms. The van der Waals surface area contributed by atoms with Gasteiger partial charge in [-0.1, -0.05) is 29.4 Å². The first-order valence-corrected chi connectivity index (χ1v) is 9.11. The zero-order chi connectivity index (χ0) is 19.0. The topological polar surface area (TPSA) is 90.1 Å². The number of aromatic nitrogens is 2. The second-order valence-electron chi connectivity index (χ2n) is 6.29. The van der Waals surface area contributed by atoms with Gasteiger partial charge in [0.25, 0.3) is 0 Å². The van der Waals surface area contributed by atoms with Gasteiger partial charge in [-0.15, -0.1) is 0 Å². The zero-order valence-electron chi connectivity index (χ0n) is 13.6. The molecule has 0 N–H and O–H groups in total. The number of hydrogen-bond acceptors (Lipinski definition) is 6. The molecule has 2 aromatic rings. The standard InChI is InChI=1S/C15H15ClF2N2O4S/c1-14(2,3)25(22,23)8-11(21)9-4-6-10(7-5-9)12-19-13(24-20-12)15(16,17)18/h4-7H,8H2,1-3H3. The highest BCUT2D eigenvalue weighted by atomic mass is 35.5. The molecule has 1 aromatic carbocycles. The van der Waals surface area contributed by atoms with E-state index in [-0.39, 0.29) is 11.4 Å². The van der Waals surface area contributed by atoms with E-state index in [9.17, 15) is 22.0 Å². The minimum Gasteiger partial charge on any atom is -0.331 e. The minimum absolute atomic E-state index is 0.128. The van der Waals surface area contributed by atoms with Gasteiger partial charge in [-0.25, -0.2) is 8.42 Å². The van der Waals surface area contributed by atoms with E-state index in [4.69, 9.17) is 11.6 Å². The van der Waals surface area contributed by atoms with Gasteiger partial charge >= 0.3 is 11.3 Å². The summed E-state index contributed by atoms with van der Waals surface area (Å²) in [6.07, 6.45) is 0. The Bertz CT molecular complexity index is 881. The number of sulfone groups is 1. The predicted molar refractivity (Wildman–Crippen MR) is 87.4 cm³/mol. The van der Waals surface area contributed by atoms with Crippen molar-refractivity contribution < 1.29 is 26.5 Å². The summed E-state index contributed by atoms with van der Waals surface area (Å²) < 4.78 is 53.2. The van der Waals surface area contributed by atoms with Crippen LogP contribution in [0.3, 0.4) is 0 Å². The number of ketones is 1. The van der Waals surface area contributed by atoms with Crippen LogP contribution in [0, 0.1) is 0 Å². The van der Waals surface area contributed by atoms with Gasteiger partial charge in [0.05, 0.1) is 4.75 Å². The van der Waals surface area contributed by atoms with Gasteiger partial charge in [-0.05, 0) is 32.4 Å². The van der Waals surface area contributed by atoms with Crippen molar-refractivity contribution in [3.8, 4) is 11.4 Å². The van der Waals surface area contributed by atoms with Crippen molar-refractivity contribution in [3.05, 3.63) is 35.7 Å². The SMILES string of the molecule is CC(C)(C)S(=O)(=O)CC(=O)c1ccc(-c2noc(C(F)(F)Cl)n2)cc1. The second-order valence-corrected chi connectivity index (χ2v) is 9.51. The van der Waals surface area contributed by atoms with E-state index >= 15 is 0 Å². The third-order valence-corrected chi connectivity index (χ3v) is 6.06. The van der Waals surface area contributed by atoms with Crippen molar-refractivity contribution in [1.82, 2.24) is 10.1 Å². The maximum Gasteiger partial charge on any atom is 0.400 e. The smallest absolute Gasteiger partial charge is 0.331 e. The Morgan fingerprint density at radius 1 is 1.20 bits per heavy atom. The van der Waals surface area contributed by atoms with Crippen LogP contribution in [0.15, 0.2) is 28.8 Å². The molecule has 0 saturated heterocycles. The van der Waals surface area contributed by atoms with Crippen molar-refractivity contribution in [2.45, 2.75) is 30.9 Å². The van der Waals surface area contributed by atoms with Crippen LogP contribution in [0.4, 0.5) is 8.78 Å². The van der Waals surface area contributed by atoms with Crippen LogP contribution in [0.2, 0.25) is 0 Å². The molecule has 0 unspecified atom stereocenters. The second kappa shape index (κ2) is 6.45. The number of Topliss-reactive ketones (excluding diaryl/α,β-unsaturated/α-hetero) is 1. The van der Waals surface area contributed by atoms with Crippen LogP contribution in [-0.4, -0.2) is 34.8 Å². The van der Waals surface area contributed by atoms with Gasteiger partial charge in [0.15, 0.2) is 15.6 Å². The summed E-state index contributed by atoms with van der Waals surface area (Å²) in [5, 5.41) is -0.388. The lowest BCUT2D eigenvalue weighted by Gasteiger charge is -2.18. The summed E-state index contributed by atoms with van der Waals surface area (Å²) in [5.41, 5.74) is 0.481. The lowest BCUT2D eigenvalue weighted by molar-refractivity contribution is 0.0551. The maximum absolute atomic E-state index is 12.9. The first-order valence-electron chi connectivity index (χ1n) is 7.08. The van der Waals surface area contributed by atoms with E-state index in [1.807, 2.05) is 0 Å². The summed E-state index contributed by atoms with van der Waals surface area (Å²) in [6.45, 7) is 4.54. The van der Waals surface area contributed by atoms with Crippen LogP contribution in [0.1, 0.15) is 37.0 Å². The number of carbonyl (C=O) groups excluding carboxylic acids is 1. The van der Waals surface area contributed by atoms with Crippen molar-refractivity contribution in [2.24, 2.45) is 0 Å². The lowest BCUT2D eigenvalue weighted by Crippen LogP contribution is -2.33. The molecule has 25 heavy (non-hydrogen) atoms. The number of nitrogens with zero attached hydrogens (tertiary/aromatic N) is 2. The normalized spacial score (nSPS) is 13.0. The van der Waals surface area contributed by atoms with Crippen LogP contribution in [0.5, 0.6) is 0 Å². The molecule has 0 aliphatic heterocycles. The predicted octanol–water partition coefficient (Wildman–Crippen LogP) is 3.42. The quantitative estimate of drug-likeness (QED) is 0.572. The fourth-order valence-electron chi connectivity index (χ4n) is 1.73. The fourth-order valence-corrected chi connectivity index (χ4v) is 2.76. The Labute approximate surface area is 148 Å². The van der Waals surface area contributed by atoms with Crippen molar-refractivity contribution in [1.29, 1.82) is 0 Å². The summed E-state index contributed by atoms with van der Waals surface area (Å²) in [7, 11) is -3.61. The molecule has 0 amide bonds. The third kappa shape index (κ3) is 4.40. The van der Waals surface area contributed by atoms with Crippen molar-refractivity contribution >= 4 is 27.2 Å². The molecule has 0 spiro atoms. The molecule has 0 saturated carbocycles. The Hall–Kier alpha value is -1.87. The van der Waals surface area contributed by atoms with Crippen LogP contribution in [0.25, 0.3) is 11.4 Å². The molecule has 10 heteroatoms. The molecule has 0 aliphatic carbocycles. The summed E-state index contributed by atoms with van der Waals surface area (Å²) in [5.74, 6) is -2.36. The van der Waals surface area contributed by atoms with E-state index in [1.54, 1.807) is 0 Å². The van der Waals surface area contributed by atoms with E-state index in [1.165, 1.54) is 45.0 Å². The van der Waals surface area contributed by atoms with Crippen molar-refractivity contribution in [2.75, 3.05) is 5.75 Å². The Morgan fingerprint density at radius 3 is 2.20 bits per heavy atom. The summed E-state index contributed by atoms with van der Waals surface area (Å²) >= 11 is 4.79. The van der Waals surface area contributed by atoms with E-state index in [0.717, 1.165) is 0 Å². The minimum atomic E-state index is -3.78. The molecule has 2 rings (SSSR count). The van der Waals surface area contributed by atoms with Crippen molar-refractivity contribution in [3.63, 3.8) is 0 Å². The molecule has 1 aromatic heterocycles. The highest BCUT2D eigenvalue weighted by Crippen LogP contribution is 2.32. The van der Waals surface area contributed by atoms with E-state index < -0.39 is 37.4 Å². The van der Waals surface area contributed by atoms with Gasteiger partial charge < -0.3 is 4.52 Å². The van der Waals surface area contributed by atoms with Crippen LogP contribution in [-0.2, 0) is 15.2 Å². The monoisotopic (exact) mass is 392 g/mol. The van der Waals surface area contributed by atoms with Crippen LogP contribution >= 0.6 is 11.6 Å². The number of halogens is 3. The van der Waals surface area contributed by atoms with Gasteiger partial charge in [0, 0.05) is 11.1 Å². The summed E-state index contributed by atoms with van der Waals surface area (Å²) in [6, 6.07) is 5.53. The fraction of sp³-hybridized carbons (Fsp3) is 0.400. The molecule has 1 heterocycles. The number of alkyl halides is 3. The van der Waals surface area contributed by atoms with Gasteiger partial charge in [-0.2, -0.15) is 13.8 Å². The first kappa shape index (κ1) is 19.5. The van der Waals surface area contributed by atoms with Gasteiger partial charge in [0.1, 0.15) is 5.75 Å². The average Bonchev–Trinajstić information content (AvgIpc) is 2.95. The molecule has 0 atom stereocenters. The third-order valence-electron chi connectivity index (χ3n) is 3.39. The van der Waals surface area contributed by atoms with E-state index in [0.29, 0.717) is 5.56 Å². The molecule has 0 fully saturated rings. The molecular formula is C15H15ClF2N2O4S. The number of hydrogen-bond donors (Lipinski definition) is 0. The first-order chi connectivity index (χ1) is 11.3. The number of carbonyl (C=O) groups is 1. The van der Waals surface area contributed by atoms with Gasteiger partial charge in [0.2, 0.25) is 5.82 Å². The molecule has 0 aliphatic rings. The number of rotatable bonds is 5. The van der Waals surface area contributed by atoms with E-state index in [2.05, 4.69) is 14.7 Å². The highest BCUT2D eigenvalue weighted by Gasteiger charge is 2.36. The Kier molecular flexibility index (Phi) is 5.02.